The largest absolute Gasteiger partial charge is 0.316 e. The normalized spacial score (nSPS) is 18.4. The minimum absolute atomic E-state index is 0.0718. The van der Waals surface area contributed by atoms with Gasteiger partial charge in [0.1, 0.15) is 5.00 Å². The maximum Gasteiger partial charge on any atom is 0.228 e. The van der Waals surface area contributed by atoms with Gasteiger partial charge in [-0.2, -0.15) is 9.47 Å². The first-order valence-corrected chi connectivity index (χ1v) is 10.0. The van der Waals surface area contributed by atoms with Crippen molar-refractivity contribution in [1.82, 2.24) is 19.1 Å². The molecule has 3 heterocycles. The number of nitrogens with zero attached hydrogens (tertiary/aromatic N) is 4. The number of hydrogen-bond acceptors (Lipinski definition) is 5. The van der Waals surface area contributed by atoms with Gasteiger partial charge >= 0.3 is 0 Å². The highest BCUT2D eigenvalue weighted by Crippen LogP contribution is 2.43. The average Bonchev–Trinajstić information content (AvgIpc) is 3.11. The number of benzene rings is 1. The predicted molar refractivity (Wildman–Crippen MR) is 111 cm³/mol. The second kappa shape index (κ2) is 6.53. The highest BCUT2D eigenvalue weighted by atomic mass is 32.1. The van der Waals surface area contributed by atoms with Crippen molar-refractivity contribution in [2.75, 3.05) is 5.32 Å². The number of nitrogens with one attached hydrogen (secondary N) is 1. The van der Waals surface area contributed by atoms with Crippen LogP contribution in [-0.2, 0) is 11.8 Å². The third-order valence-corrected chi connectivity index (χ3v) is 5.95. The van der Waals surface area contributed by atoms with Crippen LogP contribution >= 0.6 is 11.5 Å². The van der Waals surface area contributed by atoms with Crippen LogP contribution in [0, 0.1) is 11.8 Å². The van der Waals surface area contributed by atoms with Gasteiger partial charge in [-0.3, -0.25) is 14.5 Å². The molecule has 1 aliphatic rings. The first-order valence-electron chi connectivity index (χ1n) is 9.26. The van der Waals surface area contributed by atoms with Crippen molar-refractivity contribution in [3.8, 4) is 22.5 Å². The number of amides is 1. The Bertz CT molecular complexity index is 1180. The first-order chi connectivity index (χ1) is 13.6. The summed E-state index contributed by atoms with van der Waals surface area (Å²) in [5, 5.41) is 9.34. The molecular weight excluding hydrogens is 370 g/mol. The Morgan fingerprint density at radius 2 is 2.14 bits per heavy atom. The molecule has 1 aliphatic carbocycles. The van der Waals surface area contributed by atoms with Crippen LogP contribution in [0.15, 0.2) is 48.8 Å². The molecule has 1 aromatic carbocycles. The van der Waals surface area contributed by atoms with Crippen molar-refractivity contribution in [1.29, 1.82) is 0 Å². The van der Waals surface area contributed by atoms with E-state index in [9.17, 15) is 4.79 Å². The van der Waals surface area contributed by atoms with E-state index in [2.05, 4.69) is 32.8 Å². The number of carbonyl (C=O) groups is 1. The molecule has 3 aromatic heterocycles. The van der Waals surface area contributed by atoms with Crippen LogP contribution in [0.2, 0.25) is 0 Å². The molecule has 5 rings (SSSR count). The second-order valence-corrected chi connectivity index (χ2v) is 8.11. The van der Waals surface area contributed by atoms with Crippen LogP contribution in [0.1, 0.15) is 13.3 Å². The van der Waals surface area contributed by atoms with Gasteiger partial charge in [-0.25, -0.2) is 0 Å². The standard InChI is InChI=1S/C21H19N5OS/c1-12-9-15(12)20(27)23-21-18(17-5-3-4-8-22-17)19(25-28-21)13-6-7-16-14(10-13)11-26(2)24-16/h3-8,10-12,15H,9H2,1-2H3,(H,23,27)/t12-,15-/m1/s1. The van der Waals surface area contributed by atoms with Gasteiger partial charge in [-0.05, 0) is 48.1 Å². The molecule has 2 atom stereocenters. The Balaban J connectivity index is 1.61. The van der Waals surface area contributed by atoms with Crippen LogP contribution < -0.4 is 5.32 Å². The molecule has 0 bridgehead atoms. The lowest BCUT2D eigenvalue weighted by Gasteiger charge is -2.07. The number of carbonyl (C=O) groups excluding carboxylic acids is 1. The summed E-state index contributed by atoms with van der Waals surface area (Å²) in [5.41, 5.74) is 4.43. The van der Waals surface area contributed by atoms with Crippen LogP contribution in [0.3, 0.4) is 0 Å². The summed E-state index contributed by atoms with van der Waals surface area (Å²) in [6.07, 6.45) is 4.70. The topological polar surface area (TPSA) is 72.7 Å². The van der Waals surface area contributed by atoms with E-state index in [1.54, 1.807) is 10.9 Å². The van der Waals surface area contributed by atoms with Gasteiger partial charge in [-0.15, -0.1) is 0 Å². The summed E-state index contributed by atoms with van der Waals surface area (Å²) in [7, 11) is 1.91. The highest BCUT2D eigenvalue weighted by molar-refractivity contribution is 7.11. The number of pyridine rings is 1. The van der Waals surface area contributed by atoms with E-state index in [0.717, 1.165) is 44.8 Å². The van der Waals surface area contributed by atoms with Crippen LogP contribution in [0.25, 0.3) is 33.4 Å². The van der Waals surface area contributed by atoms with Gasteiger partial charge in [0, 0.05) is 36.3 Å². The number of hydrogen-bond donors (Lipinski definition) is 1. The van der Waals surface area contributed by atoms with E-state index < -0.39 is 0 Å². The average molecular weight is 389 g/mol. The molecule has 0 aliphatic heterocycles. The molecule has 1 fully saturated rings. The Morgan fingerprint density at radius 3 is 2.89 bits per heavy atom. The van der Waals surface area contributed by atoms with Crippen molar-refractivity contribution in [3.05, 3.63) is 48.8 Å². The number of anilines is 1. The van der Waals surface area contributed by atoms with Gasteiger partial charge in [0.25, 0.3) is 0 Å². The molecule has 7 heteroatoms. The Hall–Kier alpha value is -3.06. The van der Waals surface area contributed by atoms with Crippen molar-refractivity contribution in [3.63, 3.8) is 0 Å². The zero-order valence-electron chi connectivity index (χ0n) is 15.6. The minimum Gasteiger partial charge on any atom is -0.316 e. The van der Waals surface area contributed by atoms with E-state index in [1.807, 2.05) is 43.6 Å². The van der Waals surface area contributed by atoms with E-state index >= 15 is 0 Å². The molecule has 0 saturated heterocycles. The SMILES string of the molecule is C[C@@H]1C[C@H]1C(=O)Nc1snc(-c2ccc3nn(C)cc3c2)c1-c1ccccn1. The molecule has 0 radical (unpaired) electrons. The van der Waals surface area contributed by atoms with Crippen LogP contribution in [0.4, 0.5) is 5.00 Å². The Kier molecular flexibility index (Phi) is 3.98. The molecule has 0 unspecified atom stereocenters. The number of fused-ring (bicyclic) bond motifs is 1. The van der Waals surface area contributed by atoms with Gasteiger partial charge in [0.05, 0.1) is 22.5 Å². The number of aromatic nitrogens is 4. The van der Waals surface area contributed by atoms with Crippen LogP contribution in [0.5, 0.6) is 0 Å². The lowest BCUT2D eigenvalue weighted by Crippen LogP contribution is -2.14. The third kappa shape index (κ3) is 2.97. The number of aryl methyl sites for hydroxylation is 1. The van der Waals surface area contributed by atoms with Gasteiger partial charge in [-0.1, -0.05) is 19.1 Å². The predicted octanol–water partition coefficient (Wildman–Crippen LogP) is 4.35. The maximum absolute atomic E-state index is 12.5. The molecular formula is C21H19N5OS. The van der Waals surface area contributed by atoms with E-state index in [4.69, 9.17) is 0 Å². The fraction of sp³-hybridized carbons (Fsp3) is 0.238. The fourth-order valence-electron chi connectivity index (χ4n) is 3.51. The molecule has 6 nitrogen and oxygen atoms in total. The second-order valence-electron chi connectivity index (χ2n) is 7.34. The molecule has 140 valence electrons. The molecule has 28 heavy (non-hydrogen) atoms. The van der Waals surface area contributed by atoms with Crippen molar-refractivity contribution < 1.29 is 4.79 Å². The monoisotopic (exact) mass is 389 g/mol. The zero-order chi connectivity index (χ0) is 19.3. The molecule has 1 saturated carbocycles. The summed E-state index contributed by atoms with van der Waals surface area (Å²) in [6, 6.07) is 11.9. The van der Waals surface area contributed by atoms with Crippen molar-refractivity contribution in [2.45, 2.75) is 13.3 Å². The zero-order valence-corrected chi connectivity index (χ0v) is 16.4. The summed E-state index contributed by atoms with van der Waals surface area (Å²) in [6.45, 7) is 2.10. The quantitative estimate of drug-likeness (QED) is 0.563. The van der Waals surface area contributed by atoms with E-state index in [-0.39, 0.29) is 11.8 Å². The smallest absolute Gasteiger partial charge is 0.228 e. The van der Waals surface area contributed by atoms with E-state index in [0.29, 0.717) is 5.92 Å². The van der Waals surface area contributed by atoms with Crippen molar-refractivity contribution >= 4 is 33.3 Å². The van der Waals surface area contributed by atoms with Gasteiger partial charge in [0.2, 0.25) is 5.91 Å². The molecule has 0 spiro atoms. The minimum atomic E-state index is 0.0718. The van der Waals surface area contributed by atoms with Gasteiger partial charge < -0.3 is 5.32 Å². The summed E-state index contributed by atoms with van der Waals surface area (Å²) >= 11 is 1.31. The summed E-state index contributed by atoms with van der Waals surface area (Å²) in [4.78, 5) is 17.0. The van der Waals surface area contributed by atoms with Crippen LogP contribution in [-0.4, -0.2) is 25.0 Å². The first kappa shape index (κ1) is 17.1. The lowest BCUT2D eigenvalue weighted by atomic mass is 10.0. The van der Waals surface area contributed by atoms with E-state index in [1.165, 1.54) is 11.5 Å². The van der Waals surface area contributed by atoms with Crippen molar-refractivity contribution in [2.24, 2.45) is 18.9 Å². The van der Waals surface area contributed by atoms with Gasteiger partial charge in [0.15, 0.2) is 0 Å². The Labute approximate surface area is 166 Å². The molecule has 1 amide bonds. The fourth-order valence-corrected chi connectivity index (χ4v) is 4.33. The maximum atomic E-state index is 12.5. The number of rotatable bonds is 4. The molecule has 1 N–H and O–H groups in total. The highest BCUT2D eigenvalue weighted by Gasteiger charge is 2.39. The summed E-state index contributed by atoms with van der Waals surface area (Å²) in [5.74, 6) is 0.634. The lowest BCUT2D eigenvalue weighted by molar-refractivity contribution is -0.117. The summed E-state index contributed by atoms with van der Waals surface area (Å²) < 4.78 is 6.49. The Morgan fingerprint density at radius 1 is 1.29 bits per heavy atom. The third-order valence-electron chi connectivity index (χ3n) is 5.19. The molecule has 4 aromatic rings.